The first-order valence-corrected chi connectivity index (χ1v) is 0.612. The third kappa shape index (κ3) is 131. The fourth-order valence-corrected chi connectivity index (χ4v) is 0. The molecule has 0 aliphatic rings. The van der Waals surface area contributed by atoms with Crippen LogP contribution >= 0.6 is 0 Å². The minimum atomic E-state index is -2.33. The van der Waals surface area contributed by atoms with E-state index in [0.29, 0.717) is 0 Å². The first-order chi connectivity index (χ1) is 1.73. The first-order valence-electron chi connectivity index (χ1n) is 0.612. The van der Waals surface area contributed by atoms with Crippen molar-refractivity contribution < 1.29 is 37.6 Å². The molecule has 4 nitrogen and oxygen atoms in total. The molecule has 0 aliphatic heterocycles. The van der Waals surface area contributed by atoms with Crippen LogP contribution in [0.5, 0.6) is 0 Å². The van der Waals surface area contributed by atoms with E-state index in [2.05, 4.69) is 0 Å². The second kappa shape index (κ2) is 15.7. The Morgan fingerprint density at radius 3 is 1.29 bits per heavy atom. The van der Waals surface area contributed by atoms with Crippen LogP contribution in [0.4, 0.5) is 4.79 Å². The Morgan fingerprint density at radius 2 is 1.29 bits per heavy atom. The van der Waals surface area contributed by atoms with Crippen LogP contribution in [0.15, 0.2) is 0 Å². The zero-order valence-corrected chi connectivity index (χ0v) is 7.77. The van der Waals surface area contributed by atoms with Gasteiger partial charge in [0, 0.05) is 0 Å². The van der Waals surface area contributed by atoms with Crippen LogP contribution in [0.3, 0.4) is 0 Å². The maximum absolute atomic E-state index is 8.33. The Hall–Kier alpha value is 1.23. The minimum Gasteiger partial charge on any atom is -2.00 e. The summed E-state index contributed by atoms with van der Waals surface area (Å²) in [7, 11) is 0. The Balaban J connectivity index is -0.0000000150. The molecule has 0 aromatic rings. The minimum absolute atomic E-state index is 0. The summed E-state index contributed by atoms with van der Waals surface area (Å²) in [6.07, 6.45) is -2.33. The maximum atomic E-state index is 8.33. The number of rotatable bonds is 0. The third-order valence-electron chi connectivity index (χ3n) is 0. The molecule has 0 amide bonds. The molecule has 0 atom stereocenters. The molecule has 7 heavy (non-hydrogen) atoms. The van der Waals surface area contributed by atoms with Crippen LogP contribution in [-0.2, 0) is 22.5 Å². The number of carbonyl (C=O) groups excluding carboxylic acids is 1. The van der Waals surface area contributed by atoms with Crippen molar-refractivity contribution in [3.63, 3.8) is 0 Å². The van der Waals surface area contributed by atoms with Crippen molar-refractivity contribution in [1.29, 1.82) is 0 Å². The average molecular weight is 219 g/mol. The SMILES string of the molecule is O=C([O-])[O-].[Fe+2].[O-2].[Sr+2]. The van der Waals surface area contributed by atoms with Gasteiger partial charge in [0.25, 0.3) is 0 Å². The summed E-state index contributed by atoms with van der Waals surface area (Å²) in [6, 6.07) is 0. The molecule has 0 saturated carbocycles. The Labute approximate surface area is 88.0 Å². The van der Waals surface area contributed by atoms with Crippen molar-refractivity contribution in [3.05, 3.63) is 0 Å². The summed E-state index contributed by atoms with van der Waals surface area (Å²) >= 11 is 0. The molecule has 0 saturated heterocycles. The molecule has 0 unspecified atom stereocenters. The van der Waals surface area contributed by atoms with Gasteiger partial charge < -0.3 is 20.5 Å². The second-order valence-corrected chi connectivity index (χ2v) is 0.250. The van der Waals surface area contributed by atoms with Gasteiger partial charge >= 0.3 is 62.6 Å². The zero-order valence-electron chi connectivity index (χ0n) is 3.19. The van der Waals surface area contributed by atoms with Gasteiger partial charge in [0.05, 0.1) is 0 Å². The van der Waals surface area contributed by atoms with E-state index in [0.717, 1.165) is 0 Å². The smallest absolute Gasteiger partial charge is 2.00 e. The summed E-state index contributed by atoms with van der Waals surface area (Å²) in [5, 5.41) is 16.7. The number of hydrogen-bond donors (Lipinski definition) is 0. The predicted octanol–water partition coefficient (Wildman–Crippen LogP) is -2.95. The first kappa shape index (κ1) is 24.0. The van der Waals surface area contributed by atoms with E-state index in [-0.39, 0.29) is 68.0 Å². The molecule has 0 radical (unpaired) electrons. The van der Waals surface area contributed by atoms with E-state index in [9.17, 15) is 0 Å². The van der Waals surface area contributed by atoms with Gasteiger partial charge in [-0.25, -0.2) is 0 Å². The van der Waals surface area contributed by atoms with Crippen LogP contribution in [0.1, 0.15) is 0 Å². The van der Waals surface area contributed by atoms with Gasteiger partial charge in [-0.05, 0) is 6.16 Å². The fraction of sp³-hybridized carbons (Fsp3) is 0. The standard InChI is InChI=1S/CH2O3.Fe.O.Sr/c2-1(3)4;;;/h(H2,2,3,4);;;/q;+2;-2;+2/p-2. The molecule has 38 valence electrons. The largest absolute Gasteiger partial charge is 2.00 e. The van der Waals surface area contributed by atoms with Gasteiger partial charge in [-0.3, -0.25) is 0 Å². The molecular formula is CFeO4Sr. The van der Waals surface area contributed by atoms with Gasteiger partial charge in [0.15, 0.2) is 0 Å². The summed E-state index contributed by atoms with van der Waals surface area (Å²) < 4.78 is 0. The quantitative estimate of drug-likeness (QED) is 0.408. The van der Waals surface area contributed by atoms with Crippen LogP contribution in [0.25, 0.3) is 0 Å². The monoisotopic (exact) mass is 220 g/mol. The molecule has 0 bridgehead atoms. The summed E-state index contributed by atoms with van der Waals surface area (Å²) in [5.41, 5.74) is 0. The number of carboxylic acid groups (broad SMARTS) is 2. The molecule has 0 aliphatic carbocycles. The normalized spacial score (nSPS) is 3.43. The van der Waals surface area contributed by atoms with Crippen molar-refractivity contribution in [1.82, 2.24) is 0 Å². The Bertz CT molecular complexity index is 34.7. The van der Waals surface area contributed by atoms with Crippen molar-refractivity contribution in [2.75, 3.05) is 0 Å². The van der Waals surface area contributed by atoms with E-state index < -0.39 is 6.16 Å². The van der Waals surface area contributed by atoms with Crippen molar-refractivity contribution >= 4 is 51.6 Å². The van der Waals surface area contributed by atoms with Crippen molar-refractivity contribution in [2.45, 2.75) is 0 Å². The second-order valence-electron chi connectivity index (χ2n) is 0.250. The van der Waals surface area contributed by atoms with Crippen LogP contribution < -0.4 is 10.2 Å². The Morgan fingerprint density at radius 1 is 1.29 bits per heavy atom. The van der Waals surface area contributed by atoms with E-state index >= 15 is 0 Å². The molecule has 0 heterocycles. The van der Waals surface area contributed by atoms with Gasteiger partial charge in [-0.2, -0.15) is 0 Å². The maximum Gasteiger partial charge on any atom is 2.00 e. The molecule has 0 aromatic carbocycles. The topological polar surface area (TPSA) is 91.7 Å². The molecule has 0 spiro atoms. The van der Waals surface area contributed by atoms with Gasteiger partial charge in [-0.15, -0.1) is 0 Å². The predicted molar refractivity (Wildman–Crippen MR) is 11.8 cm³/mol. The summed E-state index contributed by atoms with van der Waals surface area (Å²) in [6.45, 7) is 0. The molecule has 0 fully saturated rings. The van der Waals surface area contributed by atoms with Gasteiger partial charge in [0.1, 0.15) is 0 Å². The van der Waals surface area contributed by atoms with Crippen LogP contribution in [0, 0.1) is 0 Å². The van der Waals surface area contributed by atoms with Gasteiger partial charge in [-0.1, -0.05) is 0 Å². The summed E-state index contributed by atoms with van der Waals surface area (Å²) in [4.78, 5) is 8.33. The average Bonchev–Trinajstić information content (AvgIpc) is 0.811. The number of carbonyl (C=O) groups is 1. The zero-order chi connectivity index (χ0) is 3.58. The van der Waals surface area contributed by atoms with E-state index in [1.54, 1.807) is 0 Å². The molecular weight excluding hydrogens is 219 g/mol. The van der Waals surface area contributed by atoms with Crippen molar-refractivity contribution in [3.8, 4) is 0 Å². The fourth-order valence-electron chi connectivity index (χ4n) is 0. The van der Waals surface area contributed by atoms with Crippen molar-refractivity contribution in [2.24, 2.45) is 0 Å². The summed E-state index contributed by atoms with van der Waals surface area (Å²) in [5.74, 6) is 0. The van der Waals surface area contributed by atoms with E-state index in [4.69, 9.17) is 15.0 Å². The molecule has 0 rings (SSSR count). The van der Waals surface area contributed by atoms with Crippen LogP contribution in [0.2, 0.25) is 0 Å². The molecule has 0 N–H and O–H groups in total. The Kier molecular flexibility index (Phi) is 53.9. The number of hydrogen-bond acceptors (Lipinski definition) is 3. The third-order valence-corrected chi connectivity index (χ3v) is 0. The van der Waals surface area contributed by atoms with E-state index in [1.165, 1.54) is 0 Å². The van der Waals surface area contributed by atoms with Crippen LogP contribution in [-0.4, -0.2) is 51.6 Å². The molecule has 0 aromatic heterocycles. The molecule has 6 heteroatoms. The van der Waals surface area contributed by atoms with Gasteiger partial charge in [0.2, 0.25) is 0 Å². The van der Waals surface area contributed by atoms with E-state index in [1.807, 2.05) is 0 Å².